The largest absolute Gasteiger partial charge is 0.372 e. The number of nitrogens with one attached hydrogen (secondary N) is 1. The number of morpholine rings is 1. The summed E-state index contributed by atoms with van der Waals surface area (Å²) in [6.45, 7) is 7.94. The lowest BCUT2D eigenvalue weighted by atomic mass is 10.2. The Morgan fingerprint density at radius 2 is 2.00 bits per heavy atom. The van der Waals surface area contributed by atoms with E-state index < -0.39 is 0 Å². The van der Waals surface area contributed by atoms with Gasteiger partial charge >= 0.3 is 0 Å². The summed E-state index contributed by atoms with van der Waals surface area (Å²) in [6.07, 6.45) is 0.456. The van der Waals surface area contributed by atoms with Gasteiger partial charge in [-0.15, -0.1) is 0 Å². The SMILES string of the molecule is Cc1cccc(NC(=S)N2CC(C)OC(C)C2)c1. The number of aryl methyl sites for hydroxylation is 1. The highest BCUT2D eigenvalue weighted by atomic mass is 32.1. The highest BCUT2D eigenvalue weighted by molar-refractivity contribution is 7.80. The summed E-state index contributed by atoms with van der Waals surface area (Å²) in [5.74, 6) is 0. The standard InChI is InChI=1S/C14H20N2OS/c1-10-5-4-6-13(7-10)15-14(18)16-8-11(2)17-12(3)9-16/h4-7,11-12H,8-9H2,1-3H3,(H,15,18). The molecule has 1 aliphatic rings. The molecule has 4 heteroatoms. The molecular formula is C14H20N2OS. The van der Waals surface area contributed by atoms with Crippen molar-refractivity contribution in [1.29, 1.82) is 0 Å². The number of benzene rings is 1. The fourth-order valence-corrected chi connectivity index (χ4v) is 2.54. The summed E-state index contributed by atoms with van der Waals surface area (Å²) in [4.78, 5) is 2.18. The van der Waals surface area contributed by atoms with Gasteiger partial charge in [0, 0.05) is 18.8 Å². The highest BCUT2D eigenvalue weighted by Gasteiger charge is 2.23. The lowest BCUT2D eigenvalue weighted by molar-refractivity contribution is -0.0473. The second kappa shape index (κ2) is 5.67. The first-order valence-electron chi connectivity index (χ1n) is 6.32. The van der Waals surface area contributed by atoms with Crippen molar-refractivity contribution < 1.29 is 4.74 Å². The monoisotopic (exact) mass is 264 g/mol. The molecule has 0 radical (unpaired) electrons. The molecule has 1 N–H and O–H groups in total. The van der Waals surface area contributed by atoms with E-state index >= 15 is 0 Å². The molecule has 2 atom stereocenters. The molecule has 1 aliphatic heterocycles. The number of hydrogen-bond donors (Lipinski definition) is 1. The minimum Gasteiger partial charge on any atom is -0.372 e. The normalized spacial score (nSPS) is 23.8. The van der Waals surface area contributed by atoms with Crippen molar-refractivity contribution in [3.05, 3.63) is 29.8 Å². The van der Waals surface area contributed by atoms with Gasteiger partial charge in [-0.2, -0.15) is 0 Å². The fourth-order valence-electron chi connectivity index (χ4n) is 2.27. The van der Waals surface area contributed by atoms with Gasteiger partial charge in [0.15, 0.2) is 5.11 Å². The molecule has 3 nitrogen and oxygen atoms in total. The van der Waals surface area contributed by atoms with Crippen LogP contribution in [0.4, 0.5) is 5.69 Å². The molecule has 1 saturated heterocycles. The highest BCUT2D eigenvalue weighted by Crippen LogP contribution is 2.14. The van der Waals surface area contributed by atoms with Crippen LogP contribution in [0.25, 0.3) is 0 Å². The zero-order valence-electron chi connectivity index (χ0n) is 11.1. The number of rotatable bonds is 1. The summed E-state index contributed by atoms with van der Waals surface area (Å²) in [7, 11) is 0. The second-order valence-corrected chi connectivity index (χ2v) is 5.35. The third-order valence-electron chi connectivity index (χ3n) is 2.98. The van der Waals surface area contributed by atoms with Crippen molar-refractivity contribution in [1.82, 2.24) is 4.90 Å². The average molecular weight is 264 g/mol. The third kappa shape index (κ3) is 3.43. The molecule has 0 saturated carbocycles. The van der Waals surface area contributed by atoms with E-state index in [4.69, 9.17) is 17.0 Å². The lowest BCUT2D eigenvalue weighted by Gasteiger charge is -2.36. The predicted octanol–water partition coefficient (Wildman–Crippen LogP) is 2.80. The van der Waals surface area contributed by atoms with Crippen LogP contribution in [-0.2, 0) is 4.74 Å². The number of thiocarbonyl (C=S) groups is 1. The van der Waals surface area contributed by atoms with E-state index in [0.717, 1.165) is 23.9 Å². The van der Waals surface area contributed by atoms with Crippen molar-refractivity contribution in [3.8, 4) is 0 Å². The molecular weight excluding hydrogens is 244 g/mol. The molecule has 1 aromatic rings. The molecule has 0 spiro atoms. The summed E-state index contributed by atoms with van der Waals surface area (Å²) in [6, 6.07) is 8.24. The van der Waals surface area contributed by atoms with Crippen molar-refractivity contribution in [2.24, 2.45) is 0 Å². The molecule has 0 bridgehead atoms. The number of hydrogen-bond acceptors (Lipinski definition) is 2. The second-order valence-electron chi connectivity index (χ2n) is 4.96. The maximum Gasteiger partial charge on any atom is 0.173 e. The van der Waals surface area contributed by atoms with Crippen LogP contribution >= 0.6 is 12.2 Å². The Morgan fingerprint density at radius 1 is 1.33 bits per heavy atom. The van der Waals surface area contributed by atoms with E-state index in [1.165, 1.54) is 5.56 Å². The maximum absolute atomic E-state index is 5.71. The number of nitrogens with zero attached hydrogens (tertiary/aromatic N) is 1. The van der Waals surface area contributed by atoms with Crippen LogP contribution in [0, 0.1) is 6.92 Å². The van der Waals surface area contributed by atoms with E-state index in [0.29, 0.717) is 0 Å². The molecule has 18 heavy (non-hydrogen) atoms. The Kier molecular flexibility index (Phi) is 4.19. The lowest BCUT2D eigenvalue weighted by Crippen LogP contribution is -2.49. The van der Waals surface area contributed by atoms with Gasteiger partial charge in [-0.1, -0.05) is 12.1 Å². The molecule has 0 amide bonds. The maximum atomic E-state index is 5.71. The fraction of sp³-hybridized carbons (Fsp3) is 0.500. The van der Waals surface area contributed by atoms with Crippen LogP contribution in [0.15, 0.2) is 24.3 Å². The molecule has 2 rings (SSSR count). The van der Waals surface area contributed by atoms with Crippen LogP contribution in [0.5, 0.6) is 0 Å². The predicted molar refractivity (Wildman–Crippen MR) is 79.0 cm³/mol. The molecule has 0 aliphatic carbocycles. The Hall–Kier alpha value is -1.13. The van der Waals surface area contributed by atoms with E-state index in [2.05, 4.69) is 43.1 Å². The van der Waals surface area contributed by atoms with Gasteiger partial charge in [-0.3, -0.25) is 0 Å². The topological polar surface area (TPSA) is 24.5 Å². The van der Waals surface area contributed by atoms with Gasteiger partial charge in [0.1, 0.15) is 0 Å². The zero-order valence-corrected chi connectivity index (χ0v) is 12.0. The Bertz CT molecular complexity index is 426. The summed E-state index contributed by atoms with van der Waals surface area (Å²) < 4.78 is 5.71. The Labute approximate surface area is 114 Å². The van der Waals surface area contributed by atoms with Crippen molar-refractivity contribution in [2.45, 2.75) is 33.0 Å². The molecule has 1 aromatic carbocycles. The number of anilines is 1. The average Bonchev–Trinajstić information content (AvgIpc) is 2.27. The molecule has 0 aromatic heterocycles. The van der Waals surface area contributed by atoms with Crippen LogP contribution in [0.1, 0.15) is 19.4 Å². The quantitative estimate of drug-likeness (QED) is 0.788. The first kappa shape index (κ1) is 13.3. The minimum atomic E-state index is 0.228. The van der Waals surface area contributed by atoms with Crippen LogP contribution in [-0.4, -0.2) is 35.3 Å². The van der Waals surface area contributed by atoms with Gasteiger partial charge in [-0.25, -0.2) is 0 Å². The zero-order chi connectivity index (χ0) is 13.1. The van der Waals surface area contributed by atoms with Gasteiger partial charge in [0.05, 0.1) is 12.2 Å². The summed E-state index contributed by atoms with van der Waals surface area (Å²) in [5.41, 5.74) is 2.28. The van der Waals surface area contributed by atoms with E-state index in [1.54, 1.807) is 0 Å². The molecule has 1 heterocycles. The van der Waals surface area contributed by atoms with Crippen LogP contribution in [0.3, 0.4) is 0 Å². The van der Waals surface area contributed by atoms with Crippen LogP contribution in [0.2, 0.25) is 0 Å². The first-order valence-corrected chi connectivity index (χ1v) is 6.73. The molecule has 98 valence electrons. The first-order chi connectivity index (χ1) is 8.54. The Morgan fingerprint density at radius 3 is 2.61 bits per heavy atom. The molecule has 1 fully saturated rings. The van der Waals surface area contributed by atoms with Gasteiger partial charge in [-0.05, 0) is 50.7 Å². The summed E-state index contributed by atoms with van der Waals surface area (Å²) in [5, 5.41) is 4.08. The third-order valence-corrected chi connectivity index (χ3v) is 3.34. The van der Waals surface area contributed by atoms with E-state index in [9.17, 15) is 0 Å². The number of ether oxygens (including phenoxy) is 1. The van der Waals surface area contributed by atoms with Gasteiger partial charge < -0.3 is 15.0 Å². The Balaban J connectivity index is 1.99. The van der Waals surface area contributed by atoms with Crippen molar-refractivity contribution in [2.75, 3.05) is 18.4 Å². The van der Waals surface area contributed by atoms with Crippen molar-refractivity contribution >= 4 is 23.0 Å². The van der Waals surface area contributed by atoms with Crippen molar-refractivity contribution in [3.63, 3.8) is 0 Å². The van der Waals surface area contributed by atoms with Crippen LogP contribution < -0.4 is 5.32 Å². The summed E-state index contributed by atoms with van der Waals surface area (Å²) >= 11 is 5.46. The molecule has 2 unspecified atom stereocenters. The minimum absolute atomic E-state index is 0.228. The van der Waals surface area contributed by atoms with Gasteiger partial charge in [0.25, 0.3) is 0 Å². The van der Waals surface area contributed by atoms with Gasteiger partial charge in [0.2, 0.25) is 0 Å². The smallest absolute Gasteiger partial charge is 0.173 e. The van der Waals surface area contributed by atoms with E-state index in [1.807, 2.05) is 12.1 Å². The van der Waals surface area contributed by atoms with E-state index in [-0.39, 0.29) is 12.2 Å².